The molecule has 0 aromatic heterocycles. The van der Waals surface area contributed by atoms with Crippen molar-refractivity contribution in [2.75, 3.05) is 19.3 Å². The first-order valence-electron chi connectivity index (χ1n) is 4.21. The normalized spacial score (nSPS) is 20.6. The summed E-state index contributed by atoms with van der Waals surface area (Å²) in [5, 5.41) is -0.588. The topological polar surface area (TPSA) is 37.4 Å². The van der Waals surface area contributed by atoms with Crippen molar-refractivity contribution in [1.82, 2.24) is 4.90 Å². The molecule has 1 rings (SSSR count). The van der Waals surface area contributed by atoms with E-state index in [-0.39, 0.29) is 25.9 Å². The van der Waals surface area contributed by atoms with E-state index in [9.17, 15) is 18.4 Å². The maximum atomic E-state index is 12.7. The molecule has 1 heterocycles. The fourth-order valence-corrected chi connectivity index (χ4v) is 1.56. The van der Waals surface area contributed by atoms with Crippen LogP contribution >= 0.6 is 11.8 Å². The SMILES string of the molecule is CSC(=O)C(=O)N1CCC(F)(F)CC1. The molecule has 0 N–H and O–H groups in total. The standard InChI is InChI=1S/C8H11F2NO2S/c1-14-7(13)6(12)11-4-2-8(9,10)3-5-11/h2-5H2,1H3. The summed E-state index contributed by atoms with van der Waals surface area (Å²) in [7, 11) is 0. The number of rotatable bonds is 0. The molecule has 1 aliphatic heterocycles. The van der Waals surface area contributed by atoms with Crippen LogP contribution in [0.15, 0.2) is 0 Å². The summed E-state index contributed by atoms with van der Waals surface area (Å²) in [4.78, 5) is 23.4. The fraction of sp³-hybridized carbons (Fsp3) is 0.750. The number of thioether (sulfide) groups is 1. The minimum atomic E-state index is -2.68. The molecule has 0 radical (unpaired) electrons. The zero-order valence-corrected chi connectivity index (χ0v) is 8.57. The quantitative estimate of drug-likeness (QED) is 0.578. The molecule has 0 atom stereocenters. The van der Waals surface area contributed by atoms with Crippen molar-refractivity contribution in [3.8, 4) is 0 Å². The van der Waals surface area contributed by atoms with Crippen LogP contribution in [0.3, 0.4) is 0 Å². The van der Waals surface area contributed by atoms with Crippen LogP contribution < -0.4 is 0 Å². The van der Waals surface area contributed by atoms with Crippen molar-refractivity contribution in [1.29, 1.82) is 0 Å². The van der Waals surface area contributed by atoms with Gasteiger partial charge in [-0.3, -0.25) is 9.59 Å². The van der Waals surface area contributed by atoms with Gasteiger partial charge < -0.3 is 4.90 Å². The van der Waals surface area contributed by atoms with Crippen LogP contribution in [0.5, 0.6) is 0 Å². The molecule has 1 saturated heterocycles. The highest BCUT2D eigenvalue weighted by Crippen LogP contribution is 2.27. The molecule has 0 spiro atoms. The van der Waals surface area contributed by atoms with Crippen LogP contribution in [0.1, 0.15) is 12.8 Å². The third-order valence-electron chi connectivity index (χ3n) is 2.14. The van der Waals surface area contributed by atoms with E-state index in [1.165, 1.54) is 11.2 Å². The molecular weight excluding hydrogens is 212 g/mol. The first-order valence-corrected chi connectivity index (χ1v) is 5.44. The molecule has 0 saturated carbocycles. The summed E-state index contributed by atoms with van der Waals surface area (Å²) in [5.74, 6) is -3.34. The number of carbonyl (C=O) groups excluding carboxylic acids is 2. The van der Waals surface area contributed by atoms with Gasteiger partial charge in [-0.15, -0.1) is 0 Å². The van der Waals surface area contributed by atoms with Gasteiger partial charge in [0.05, 0.1) is 0 Å². The number of hydrogen-bond donors (Lipinski definition) is 0. The molecule has 6 heteroatoms. The number of halogens is 2. The summed E-state index contributed by atoms with van der Waals surface area (Å²) < 4.78 is 25.4. The Hall–Kier alpha value is -0.650. The van der Waals surface area contributed by atoms with Crippen LogP contribution in [0.25, 0.3) is 0 Å². The minimum absolute atomic E-state index is 0.0296. The highest BCUT2D eigenvalue weighted by molar-refractivity contribution is 8.14. The molecule has 0 aromatic carbocycles. The number of carbonyl (C=O) groups is 2. The Morgan fingerprint density at radius 2 is 1.79 bits per heavy atom. The summed E-state index contributed by atoms with van der Waals surface area (Å²) >= 11 is 0.809. The van der Waals surface area contributed by atoms with Gasteiger partial charge in [-0.25, -0.2) is 8.78 Å². The van der Waals surface area contributed by atoms with Gasteiger partial charge in [-0.2, -0.15) is 0 Å². The van der Waals surface area contributed by atoms with E-state index in [2.05, 4.69) is 0 Å². The minimum Gasteiger partial charge on any atom is -0.335 e. The second kappa shape index (κ2) is 4.25. The Morgan fingerprint density at radius 3 is 2.21 bits per heavy atom. The monoisotopic (exact) mass is 223 g/mol. The zero-order chi connectivity index (χ0) is 10.8. The number of likely N-dealkylation sites (tertiary alicyclic amines) is 1. The summed E-state index contributed by atoms with van der Waals surface area (Å²) in [6.45, 7) is -0.0593. The molecule has 80 valence electrons. The average Bonchev–Trinajstić information content (AvgIpc) is 2.15. The van der Waals surface area contributed by atoms with Gasteiger partial charge in [0.25, 0.3) is 11.0 Å². The molecule has 0 unspecified atom stereocenters. The van der Waals surface area contributed by atoms with Crippen LogP contribution in [0, 0.1) is 0 Å². The number of hydrogen-bond acceptors (Lipinski definition) is 3. The number of amides is 1. The average molecular weight is 223 g/mol. The van der Waals surface area contributed by atoms with Gasteiger partial charge in [-0.1, -0.05) is 11.8 Å². The van der Waals surface area contributed by atoms with Gasteiger partial charge in [0.1, 0.15) is 0 Å². The Balaban J connectivity index is 2.50. The van der Waals surface area contributed by atoms with Gasteiger partial charge in [0.15, 0.2) is 0 Å². The number of alkyl halides is 2. The van der Waals surface area contributed by atoms with Gasteiger partial charge in [0.2, 0.25) is 0 Å². The van der Waals surface area contributed by atoms with Crippen LogP contribution in [-0.2, 0) is 9.59 Å². The Kier molecular flexibility index (Phi) is 3.47. The number of nitrogens with zero attached hydrogens (tertiary/aromatic N) is 1. The Morgan fingerprint density at radius 1 is 1.29 bits per heavy atom. The van der Waals surface area contributed by atoms with Crippen LogP contribution in [0.2, 0.25) is 0 Å². The molecule has 1 fully saturated rings. The van der Waals surface area contributed by atoms with E-state index in [0.29, 0.717) is 0 Å². The number of piperidine rings is 1. The lowest BCUT2D eigenvalue weighted by Gasteiger charge is -2.30. The third-order valence-corrected chi connectivity index (χ3v) is 2.69. The van der Waals surface area contributed by atoms with E-state index in [0.717, 1.165) is 11.8 Å². The van der Waals surface area contributed by atoms with E-state index in [1.54, 1.807) is 0 Å². The van der Waals surface area contributed by atoms with E-state index >= 15 is 0 Å². The Labute approximate surface area is 84.8 Å². The first kappa shape index (κ1) is 11.4. The predicted molar refractivity (Wildman–Crippen MR) is 49.3 cm³/mol. The lowest BCUT2D eigenvalue weighted by atomic mass is 10.1. The maximum Gasteiger partial charge on any atom is 0.301 e. The second-order valence-electron chi connectivity index (χ2n) is 3.14. The highest BCUT2D eigenvalue weighted by atomic mass is 32.2. The van der Waals surface area contributed by atoms with Gasteiger partial charge in [-0.05, 0) is 6.26 Å². The molecule has 1 aliphatic rings. The van der Waals surface area contributed by atoms with Gasteiger partial charge in [0, 0.05) is 25.9 Å². The van der Waals surface area contributed by atoms with Crippen LogP contribution in [-0.4, -0.2) is 41.2 Å². The van der Waals surface area contributed by atoms with E-state index in [4.69, 9.17) is 0 Å². The van der Waals surface area contributed by atoms with Crippen molar-refractivity contribution in [2.24, 2.45) is 0 Å². The summed E-state index contributed by atoms with van der Waals surface area (Å²) in [6, 6.07) is 0. The maximum absolute atomic E-state index is 12.7. The third kappa shape index (κ3) is 2.67. The molecule has 3 nitrogen and oxygen atoms in total. The largest absolute Gasteiger partial charge is 0.335 e. The summed E-state index contributed by atoms with van der Waals surface area (Å²) in [5.41, 5.74) is 0. The van der Waals surface area contributed by atoms with Crippen molar-refractivity contribution < 1.29 is 18.4 Å². The van der Waals surface area contributed by atoms with Crippen LogP contribution in [0.4, 0.5) is 8.78 Å². The molecule has 0 aliphatic carbocycles. The van der Waals surface area contributed by atoms with Crippen molar-refractivity contribution in [2.45, 2.75) is 18.8 Å². The van der Waals surface area contributed by atoms with Gasteiger partial charge >= 0.3 is 5.91 Å². The van der Waals surface area contributed by atoms with Crippen molar-refractivity contribution in [3.05, 3.63) is 0 Å². The van der Waals surface area contributed by atoms with E-state index in [1.807, 2.05) is 0 Å². The van der Waals surface area contributed by atoms with E-state index < -0.39 is 16.9 Å². The first-order chi connectivity index (χ1) is 6.46. The Bertz CT molecular complexity index is 248. The predicted octanol–water partition coefficient (Wildman–Crippen LogP) is 1.13. The molecule has 14 heavy (non-hydrogen) atoms. The lowest BCUT2D eigenvalue weighted by Crippen LogP contribution is -2.44. The van der Waals surface area contributed by atoms with Crippen molar-refractivity contribution >= 4 is 22.8 Å². The molecule has 1 amide bonds. The lowest BCUT2D eigenvalue weighted by molar-refractivity contribution is -0.144. The molecule has 0 aromatic rings. The molecular formula is C8H11F2NO2S. The van der Waals surface area contributed by atoms with Crippen molar-refractivity contribution in [3.63, 3.8) is 0 Å². The zero-order valence-electron chi connectivity index (χ0n) is 7.76. The summed E-state index contributed by atoms with van der Waals surface area (Å²) in [6.07, 6.45) is 0.805. The second-order valence-corrected chi connectivity index (χ2v) is 3.92. The molecule has 0 bridgehead atoms. The smallest absolute Gasteiger partial charge is 0.301 e. The highest BCUT2D eigenvalue weighted by Gasteiger charge is 2.36. The fourth-order valence-electron chi connectivity index (χ4n) is 1.25.